The second kappa shape index (κ2) is 16.1. The van der Waals surface area contributed by atoms with Gasteiger partial charge in [0.15, 0.2) is 5.82 Å². The van der Waals surface area contributed by atoms with Crippen molar-refractivity contribution in [3.8, 4) is 0 Å². The van der Waals surface area contributed by atoms with Crippen LogP contribution in [0.15, 0.2) is 95.5 Å². The highest BCUT2D eigenvalue weighted by Crippen LogP contribution is 2.38. The standard InChI is InChI=1S/C40H48N6O8/c1-37(2,3)52-25-30(42-36(51)53-38(4,5)6)32-43-33(54-46-32)29(41-35(50)45-39(22-23-39)34(48)49)24-31(47)44-40(26-16-10-7-11-17-26,27-18-12-8-13-19-27)28-20-14-9-15-21-28/h7-21,29-30H,22-25H2,1-6H3,(H,42,51)(H,44,47)(H,48,49)(H2,41,45,50). The monoisotopic (exact) mass is 740 g/mol. The number of carboxylic acid groups (broad SMARTS) is 1. The van der Waals surface area contributed by atoms with Gasteiger partial charge in [0.2, 0.25) is 11.8 Å². The number of carboxylic acids is 1. The van der Waals surface area contributed by atoms with Crippen LogP contribution in [-0.4, -0.2) is 62.6 Å². The smallest absolute Gasteiger partial charge is 0.408 e. The van der Waals surface area contributed by atoms with Crippen molar-refractivity contribution in [2.24, 2.45) is 0 Å². The molecule has 0 spiro atoms. The van der Waals surface area contributed by atoms with Crippen LogP contribution in [0.5, 0.6) is 0 Å². The van der Waals surface area contributed by atoms with Crippen molar-refractivity contribution < 1.29 is 38.3 Å². The number of amides is 4. The molecule has 1 aromatic heterocycles. The second-order valence-electron chi connectivity index (χ2n) is 15.3. The highest BCUT2D eigenvalue weighted by Gasteiger charge is 2.52. The first-order valence-corrected chi connectivity index (χ1v) is 17.8. The first kappa shape index (κ1) is 39.4. The van der Waals surface area contributed by atoms with Crippen LogP contribution in [0.25, 0.3) is 0 Å². The summed E-state index contributed by atoms with van der Waals surface area (Å²) in [6.45, 7) is 10.7. The summed E-state index contributed by atoms with van der Waals surface area (Å²) in [4.78, 5) is 57.0. The van der Waals surface area contributed by atoms with Gasteiger partial charge < -0.3 is 40.4 Å². The Hall–Kier alpha value is -5.76. The molecule has 3 aromatic carbocycles. The third-order valence-corrected chi connectivity index (χ3v) is 8.60. The Kier molecular flexibility index (Phi) is 11.8. The number of aliphatic carboxylic acids is 1. The molecular formula is C40H48N6O8. The molecule has 2 atom stereocenters. The fourth-order valence-corrected chi connectivity index (χ4v) is 5.85. The molecule has 2 unspecified atom stereocenters. The van der Waals surface area contributed by atoms with Crippen LogP contribution < -0.4 is 21.3 Å². The number of nitrogens with zero attached hydrogens (tertiary/aromatic N) is 2. The van der Waals surface area contributed by atoms with Gasteiger partial charge in [-0.1, -0.05) is 96.2 Å². The minimum absolute atomic E-state index is 0.00382. The summed E-state index contributed by atoms with van der Waals surface area (Å²) >= 11 is 0. The first-order chi connectivity index (χ1) is 25.5. The molecule has 1 heterocycles. The zero-order valence-electron chi connectivity index (χ0n) is 31.3. The van der Waals surface area contributed by atoms with E-state index in [4.69, 9.17) is 14.0 Å². The van der Waals surface area contributed by atoms with E-state index in [2.05, 4.69) is 31.4 Å². The van der Waals surface area contributed by atoms with Gasteiger partial charge in [-0.25, -0.2) is 14.4 Å². The summed E-state index contributed by atoms with van der Waals surface area (Å²) in [6.07, 6.45) is -0.630. The molecule has 1 fully saturated rings. The third-order valence-electron chi connectivity index (χ3n) is 8.60. The molecule has 0 bridgehead atoms. The normalized spacial score (nSPS) is 14.9. The van der Waals surface area contributed by atoms with Gasteiger partial charge in [0.1, 0.15) is 28.8 Å². The van der Waals surface area contributed by atoms with Crippen LogP contribution in [0.3, 0.4) is 0 Å². The lowest BCUT2D eigenvalue weighted by molar-refractivity contribution is -0.140. The number of carbonyl (C=O) groups excluding carboxylic acids is 3. The number of rotatable bonds is 14. The lowest BCUT2D eigenvalue weighted by Gasteiger charge is -2.37. The molecule has 0 saturated heterocycles. The fraction of sp³-hybridized carbons (Fsp3) is 0.400. The minimum atomic E-state index is -1.41. The van der Waals surface area contributed by atoms with Crippen LogP contribution >= 0.6 is 0 Å². The van der Waals surface area contributed by atoms with Crippen LogP contribution in [0, 0.1) is 0 Å². The van der Waals surface area contributed by atoms with E-state index < -0.39 is 64.8 Å². The van der Waals surface area contributed by atoms with Crippen molar-refractivity contribution in [3.63, 3.8) is 0 Å². The van der Waals surface area contributed by atoms with Crippen molar-refractivity contribution in [3.05, 3.63) is 119 Å². The number of urea groups is 1. The molecular weight excluding hydrogens is 692 g/mol. The molecule has 5 N–H and O–H groups in total. The lowest BCUT2D eigenvalue weighted by atomic mass is 9.77. The van der Waals surface area contributed by atoms with Crippen molar-refractivity contribution in [2.75, 3.05) is 6.61 Å². The zero-order chi connectivity index (χ0) is 39.1. The van der Waals surface area contributed by atoms with Crippen LogP contribution in [-0.2, 0) is 24.6 Å². The van der Waals surface area contributed by atoms with Crippen LogP contribution in [0.1, 0.15) is 101 Å². The SMILES string of the molecule is CC(C)(C)OCC(NC(=O)OC(C)(C)C)c1noc(C(CC(=O)NC(c2ccccc2)(c2ccccc2)c2ccccc2)NC(=O)NC2(C(=O)O)CC2)n1. The Morgan fingerprint density at radius 2 is 1.30 bits per heavy atom. The molecule has 54 heavy (non-hydrogen) atoms. The highest BCUT2D eigenvalue weighted by atomic mass is 16.6. The highest BCUT2D eigenvalue weighted by molar-refractivity contribution is 5.89. The van der Waals surface area contributed by atoms with E-state index in [1.807, 2.05) is 112 Å². The van der Waals surface area contributed by atoms with E-state index in [1.54, 1.807) is 20.8 Å². The Labute approximate surface area is 314 Å². The fourth-order valence-electron chi connectivity index (χ4n) is 5.85. The van der Waals surface area contributed by atoms with Crippen LogP contribution in [0.2, 0.25) is 0 Å². The maximum Gasteiger partial charge on any atom is 0.408 e. The van der Waals surface area contributed by atoms with E-state index in [0.29, 0.717) is 0 Å². The van der Waals surface area contributed by atoms with E-state index in [1.165, 1.54) is 0 Å². The second-order valence-corrected chi connectivity index (χ2v) is 15.3. The number of hydrogen-bond acceptors (Lipinski definition) is 9. The van der Waals surface area contributed by atoms with Crippen molar-refractivity contribution >= 4 is 24.0 Å². The molecule has 14 nitrogen and oxygen atoms in total. The number of alkyl carbamates (subject to hydrolysis) is 1. The predicted molar refractivity (Wildman–Crippen MR) is 198 cm³/mol. The molecule has 14 heteroatoms. The topological polar surface area (TPSA) is 194 Å². The van der Waals surface area contributed by atoms with Gasteiger partial charge >= 0.3 is 18.1 Å². The van der Waals surface area contributed by atoms with E-state index in [-0.39, 0.29) is 31.2 Å². The number of ether oxygens (including phenoxy) is 2. The van der Waals surface area contributed by atoms with E-state index in [9.17, 15) is 24.3 Å². The molecule has 0 aliphatic heterocycles. The minimum Gasteiger partial charge on any atom is -0.480 e. The van der Waals surface area contributed by atoms with Crippen molar-refractivity contribution in [1.29, 1.82) is 0 Å². The number of hydrogen-bond donors (Lipinski definition) is 5. The van der Waals surface area contributed by atoms with Gasteiger partial charge in [0, 0.05) is 0 Å². The summed E-state index contributed by atoms with van der Waals surface area (Å²) in [5, 5.41) is 25.0. The summed E-state index contributed by atoms with van der Waals surface area (Å²) in [5.41, 5.74) is -1.61. The molecule has 286 valence electrons. The van der Waals surface area contributed by atoms with E-state index in [0.717, 1.165) is 16.7 Å². The summed E-state index contributed by atoms with van der Waals surface area (Å²) < 4.78 is 17.1. The van der Waals surface area contributed by atoms with Gasteiger partial charge in [-0.3, -0.25) is 4.79 Å². The number of aromatic nitrogens is 2. The van der Waals surface area contributed by atoms with Gasteiger partial charge in [0.05, 0.1) is 18.6 Å². The molecule has 1 saturated carbocycles. The summed E-state index contributed by atoms with van der Waals surface area (Å²) in [7, 11) is 0. The van der Waals surface area contributed by atoms with Crippen molar-refractivity contribution in [2.45, 2.75) is 95.2 Å². The Morgan fingerprint density at radius 1 is 0.778 bits per heavy atom. The Morgan fingerprint density at radius 3 is 1.74 bits per heavy atom. The largest absolute Gasteiger partial charge is 0.480 e. The number of carbonyl (C=O) groups is 4. The van der Waals surface area contributed by atoms with Gasteiger partial charge in [-0.05, 0) is 71.1 Å². The Balaban J connectivity index is 1.50. The zero-order valence-corrected chi connectivity index (χ0v) is 31.3. The summed E-state index contributed by atoms with van der Waals surface area (Å²) in [5.74, 6) is -1.83. The van der Waals surface area contributed by atoms with Gasteiger partial charge in [0.25, 0.3) is 0 Å². The quantitative estimate of drug-likeness (QED) is 0.0971. The van der Waals surface area contributed by atoms with Crippen molar-refractivity contribution in [1.82, 2.24) is 31.4 Å². The van der Waals surface area contributed by atoms with Crippen LogP contribution in [0.4, 0.5) is 9.59 Å². The number of nitrogens with one attached hydrogen (secondary N) is 4. The maximum atomic E-state index is 14.4. The average Bonchev–Trinajstić information content (AvgIpc) is 3.73. The van der Waals surface area contributed by atoms with Gasteiger partial charge in [-0.2, -0.15) is 4.98 Å². The molecule has 5 rings (SSSR count). The number of benzene rings is 3. The summed E-state index contributed by atoms with van der Waals surface area (Å²) in [6, 6.07) is 25.5. The van der Waals surface area contributed by atoms with Gasteiger partial charge in [-0.15, -0.1) is 0 Å². The average molecular weight is 741 g/mol. The predicted octanol–water partition coefficient (Wildman–Crippen LogP) is 5.91. The first-order valence-electron chi connectivity index (χ1n) is 17.8. The molecule has 0 radical (unpaired) electrons. The lowest BCUT2D eigenvalue weighted by Crippen LogP contribution is -2.51. The molecule has 1 aliphatic carbocycles. The Bertz CT molecular complexity index is 1800. The maximum absolute atomic E-state index is 14.4. The van der Waals surface area contributed by atoms with E-state index >= 15 is 0 Å². The third kappa shape index (κ3) is 10.0. The molecule has 4 aromatic rings. The molecule has 4 amide bonds. The molecule has 1 aliphatic rings.